The molecule has 1 heterocycles. The fourth-order valence-electron chi connectivity index (χ4n) is 3.20. The lowest BCUT2D eigenvalue weighted by atomic mass is 9.92. The van der Waals surface area contributed by atoms with E-state index in [0.29, 0.717) is 18.1 Å². The number of hydrogen-bond acceptors (Lipinski definition) is 1. The topological polar surface area (TPSA) is 33.5 Å². The molecule has 0 bridgehead atoms. The van der Waals surface area contributed by atoms with E-state index in [1.807, 2.05) is 24.3 Å². The van der Waals surface area contributed by atoms with E-state index in [1.54, 1.807) is 0 Å². The van der Waals surface area contributed by atoms with Gasteiger partial charge >= 0.3 is 0 Å². The Morgan fingerprint density at radius 1 is 1.35 bits per heavy atom. The molecule has 3 atom stereocenters. The van der Waals surface area contributed by atoms with Gasteiger partial charge in [0.1, 0.15) is 0 Å². The molecular weight excluding hydrogens is 272 g/mol. The monoisotopic (exact) mass is 295 g/mol. The summed E-state index contributed by atoms with van der Waals surface area (Å²) in [5.74, 6) is 1.56. The molecule has 20 heavy (non-hydrogen) atoms. The normalized spacial score (nSPS) is 26.2. The molecule has 1 saturated heterocycles. The molecule has 1 unspecified atom stereocenters. The lowest BCUT2D eigenvalue weighted by Gasteiger charge is -2.31. The second-order valence-electron chi connectivity index (χ2n) is 6.19. The Hall–Kier alpha value is -1.06. The van der Waals surface area contributed by atoms with Crippen molar-refractivity contribution in [2.45, 2.75) is 26.8 Å². The number of benzene rings is 1. The summed E-state index contributed by atoms with van der Waals surface area (Å²) in [6.07, 6.45) is 1.29. The number of likely N-dealkylation sites (tertiary alicyclic amines) is 1. The number of rotatable bonds is 4. The van der Waals surface area contributed by atoms with E-state index in [2.05, 4.69) is 19.2 Å². The van der Waals surface area contributed by atoms with Crippen molar-refractivity contribution >= 4 is 17.5 Å². The fourth-order valence-corrected chi connectivity index (χ4v) is 3.42. The number of amides is 1. The molecule has 1 fully saturated rings. The molecule has 0 aromatic heterocycles. The molecule has 4 heteroatoms. The molecule has 0 saturated carbocycles. The van der Waals surface area contributed by atoms with E-state index >= 15 is 0 Å². The fraction of sp³-hybridized carbons (Fsp3) is 0.562. The van der Waals surface area contributed by atoms with Crippen LogP contribution in [0.25, 0.3) is 0 Å². The van der Waals surface area contributed by atoms with Gasteiger partial charge in [-0.05, 0) is 24.1 Å². The number of quaternary nitrogens is 1. The molecule has 0 radical (unpaired) electrons. The van der Waals surface area contributed by atoms with Gasteiger partial charge in [0.2, 0.25) is 0 Å². The SMILES string of the molecule is C[C@@H]1C[C@H](C)C[NH+](CC(=O)NCc2cccc(Cl)c2)C1. The van der Waals surface area contributed by atoms with Crippen LogP contribution < -0.4 is 10.2 Å². The van der Waals surface area contributed by atoms with E-state index in [-0.39, 0.29) is 5.91 Å². The summed E-state index contributed by atoms with van der Waals surface area (Å²) in [6, 6.07) is 7.61. The highest BCUT2D eigenvalue weighted by atomic mass is 35.5. The Labute approximate surface area is 126 Å². The highest BCUT2D eigenvalue weighted by molar-refractivity contribution is 6.30. The molecule has 0 spiro atoms. The van der Waals surface area contributed by atoms with Gasteiger partial charge in [-0.1, -0.05) is 37.6 Å². The van der Waals surface area contributed by atoms with Crippen LogP contribution in [0.3, 0.4) is 0 Å². The molecule has 3 nitrogen and oxygen atoms in total. The molecule has 110 valence electrons. The zero-order chi connectivity index (χ0) is 14.5. The van der Waals surface area contributed by atoms with Crippen molar-refractivity contribution in [3.63, 3.8) is 0 Å². The maximum absolute atomic E-state index is 12.0. The summed E-state index contributed by atoms with van der Waals surface area (Å²) in [4.78, 5) is 13.4. The molecule has 1 aliphatic heterocycles. The number of piperidine rings is 1. The maximum Gasteiger partial charge on any atom is 0.275 e. The van der Waals surface area contributed by atoms with Gasteiger partial charge in [-0.25, -0.2) is 0 Å². The minimum absolute atomic E-state index is 0.126. The summed E-state index contributed by atoms with van der Waals surface area (Å²) in [5.41, 5.74) is 1.04. The molecule has 1 amide bonds. The van der Waals surface area contributed by atoms with E-state index in [4.69, 9.17) is 11.6 Å². The first-order valence-corrected chi connectivity index (χ1v) is 7.75. The van der Waals surface area contributed by atoms with Gasteiger partial charge in [0.05, 0.1) is 13.1 Å². The number of nitrogens with one attached hydrogen (secondary N) is 2. The summed E-state index contributed by atoms with van der Waals surface area (Å²) in [6.45, 7) is 7.90. The minimum atomic E-state index is 0.126. The third kappa shape index (κ3) is 4.80. The van der Waals surface area contributed by atoms with Crippen molar-refractivity contribution in [3.8, 4) is 0 Å². The predicted octanol–water partition coefficient (Wildman–Crippen LogP) is 1.52. The molecule has 0 aliphatic carbocycles. The molecular formula is C16H24ClN2O+. The van der Waals surface area contributed by atoms with Crippen LogP contribution in [0.1, 0.15) is 25.8 Å². The van der Waals surface area contributed by atoms with E-state index < -0.39 is 0 Å². The Kier molecular flexibility index (Phi) is 5.44. The van der Waals surface area contributed by atoms with Gasteiger partial charge in [-0.2, -0.15) is 0 Å². The van der Waals surface area contributed by atoms with Crippen molar-refractivity contribution in [2.75, 3.05) is 19.6 Å². The second kappa shape index (κ2) is 7.09. The smallest absolute Gasteiger partial charge is 0.275 e. The molecule has 2 N–H and O–H groups in total. The quantitative estimate of drug-likeness (QED) is 0.867. The Morgan fingerprint density at radius 2 is 2.05 bits per heavy atom. The van der Waals surface area contributed by atoms with E-state index in [9.17, 15) is 4.79 Å². The summed E-state index contributed by atoms with van der Waals surface area (Å²) in [5, 5.41) is 3.69. The molecule has 1 aliphatic rings. The summed E-state index contributed by atoms with van der Waals surface area (Å²) >= 11 is 5.93. The zero-order valence-electron chi connectivity index (χ0n) is 12.3. The van der Waals surface area contributed by atoms with Crippen LogP contribution in [0, 0.1) is 11.8 Å². The van der Waals surface area contributed by atoms with Crippen LogP contribution in [0.2, 0.25) is 5.02 Å². The first kappa shape index (κ1) is 15.3. The van der Waals surface area contributed by atoms with Gasteiger partial charge in [-0.15, -0.1) is 0 Å². The average molecular weight is 296 g/mol. The Bertz CT molecular complexity index is 454. The third-order valence-electron chi connectivity index (χ3n) is 3.87. The zero-order valence-corrected chi connectivity index (χ0v) is 13.0. The average Bonchev–Trinajstić information content (AvgIpc) is 2.35. The van der Waals surface area contributed by atoms with E-state index in [1.165, 1.54) is 11.3 Å². The Morgan fingerprint density at radius 3 is 2.70 bits per heavy atom. The van der Waals surface area contributed by atoms with Gasteiger partial charge in [0, 0.05) is 23.4 Å². The van der Waals surface area contributed by atoms with Gasteiger partial charge in [-0.3, -0.25) is 4.79 Å². The Balaban J connectivity index is 1.78. The standard InChI is InChI=1S/C16H23ClN2O/c1-12-6-13(2)10-19(9-12)11-16(20)18-8-14-4-3-5-15(17)7-14/h3-5,7,12-13H,6,8-11H2,1-2H3,(H,18,20)/p+1/t12-,13+. The largest absolute Gasteiger partial charge is 0.347 e. The van der Waals surface area contributed by atoms with Crippen LogP contribution in [0.15, 0.2) is 24.3 Å². The van der Waals surface area contributed by atoms with Crippen LogP contribution in [0.4, 0.5) is 0 Å². The number of hydrogen-bond donors (Lipinski definition) is 2. The van der Waals surface area contributed by atoms with Gasteiger partial charge in [0.25, 0.3) is 5.91 Å². The van der Waals surface area contributed by atoms with Crippen molar-refractivity contribution < 1.29 is 9.69 Å². The second-order valence-corrected chi connectivity index (χ2v) is 6.62. The van der Waals surface area contributed by atoms with Crippen molar-refractivity contribution in [3.05, 3.63) is 34.9 Å². The maximum atomic E-state index is 12.0. The van der Waals surface area contributed by atoms with E-state index in [0.717, 1.165) is 30.5 Å². The number of carbonyl (C=O) groups excluding carboxylic acids is 1. The van der Waals surface area contributed by atoms with Crippen LogP contribution in [-0.4, -0.2) is 25.5 Å². The predicted molar refractivity (Wildman–Crippen MR) is 81.8 cm³/mol. The number of carbonyl (C=O) groups is 1. The van der Waals surface area contributed by atoms with Crippen molar-refractivity contribution in [1.82, 2.24) is 5.32 Å². The molecule has 1 aromatic rings. The van der Waals surface area contributed by atoms with Crippen LogP contribution in [0.5, 0.6) is 0 Å². The van der Waals surface area contributed by atoms with Crippen molar-refractivity contribution in [1.29, 1.82) is 0 Å². The lowest BCUT2D eigenvalue weighted by molar-refractivity contribution is -0.904. The van der Waals surface area contributed by atoms with Crippen molar-refractivity contribution in [2.24, 2.45) is 11.8 Å². The lowest BCUT2D eigenvalue weighted by Crippen LogP contribution is -3.15. The van der Waals surface area contributed by atoms with Gasteiger partial charge in [0.15, 0.2) is 6.54 Å². The number of halogens is 1. The minimum Gasteiger partial charge on any atom is -0.347 e. The summed E-state index contributed by atoms with van der Waals surface area (Å²) < 4.78 is 0. The summed E-state index contributed by atoms with van der Waals surface area (Å²) in [7, 11) is 0. The van der Waals surface area contributed by atoms with Crippen LogP contribution >= 0.6 is 11.6 Å². The highest BCUT2D eigenvalue weighted by Crippen LogP contribution is 2.12. The first-order valence-electron chi connectivity index (χ1n) is 7.37. The first-order chi connectivity index (χ1) is 9.52. The molecule has 2 rings (SSSR count). The van der Waals surface area contributed by atoms with Crippen LogP contribution in [-0.2, 0) is 11.3 Å². The molecule has 1 aromatic carbocycles. The third-order valence-corrected chi connectivity index (χ3v) is 4.10. The van der Waals surface area contributed by atoms with Gasteiger partial charge < -0.3 is 10.2 Å². The highest BCUT2D eigenvalue weighted by Gasteiger charge is 2.26.